The largest absolute Gasteiger partial charge is 0.443 e. The summed E-state index contributed by atoms with van der Waals surface area (Å²) < 4.78 is 7.82. The van der Waals surface area contributed by atoms with E-state index in [4.69, 9.17) is 4.74 Å². The summed E-state index contributed by atoms with van der Waals surface area (Å²) >= 11 is 1.27. The van der Waals surface area contributed by atoms with Crippen molar-refractivity contribution in [3.63, 3.8) is 0 Å². The first-order valence-electron chi connectivity index (χ1n) is 9.35. The quantitative estimate of drug-likeness (QED) is 0.717. The van der Waals surface area contributed by atoms with E-state index in [1.165, 1.54) is 20.5 Å². The molecular formula is C19H25N5O4S. The minimum atomic E-state index is -0.614. The molecule has 9 nitrogen and oxygen atoms in total. The topological polar surface area (TPSA) is 118 Å². The highest BCUT2D eigenvalue weighted by Crippen LogP contribution is 2.41. The summed E-state index contributed by atoms with van der Waals surface area (Å²) in [4.78, 5) is 39.1. The number of nitrogens with one attached hydrogen (secondary N) is 2. The summed E-state index contributed by atoms with van der Waals surface area (Å²) in [6.07, 6.45) is 0.913. The molecule has 1 fully saturated rings. The van der Waals surface area contributed by atoms with Crippen LogP contribution in [0.1, 0.15) is 51.0 Å². The van der Waals surface area contributed by atoms with Gasteiger partial charge in [-0.1, -0.05) is 0 Å². The maximum atomic E-state index is 13.1. The van der Waals surface area contributed by atoms with Gasteiger partial charge in [0.25, 0.3) is 5.56 Å². The van der Waals surface area contributed by atoms with Crippen LogP contribution < -0.4 is 22.1 Å². The molecule has 0 saturated heterocycles. The summed E-state index contributed by atoms with van der Waals surface area (Å²) in [6, 6.07) is 2.01. The molecule has 29 heavy (non-hydrogen) atoms. The van der Waals surface area contributed by atoms with Crippen LogP contribution in [-0.2, 0) is 23.4 Å². The fourth-order valence-corrected chi connectivity index (χ4v) is 4.38. The van der Waals surface area contributed by atoms with E-state index in [-0.39, 0.29) is 18.6 Å². The third-order valence-electron chi connectivity index (χ3n) is 4.89. The van der Waals surface area contributed by atoms with Crippen LogP contribution in [0.3, 0.4) is 0 Å². The Labute approximate surface area is 171 Å². The first-order chi connectivity index (χ1) is 13.5. The molecule has 0 atom stereocenters. The van der Waals surface area contributed by atoms with Crippen LogP contribution in [0.15, 0.2) is 9.59 Å². The molecule has 0 bridgehead atoms. The molecule has 0 unspecified atom stereocenters. The second kappa shape index (κ2) is 7.31. The summed E-state index contributed by atoms with van der Waals surface area (Å²) in [6.45, 7) is 9.11. The fourth-order valence-electron chi connectivity index (χ4n) is 3.15. The van der Waals surface area contributed by atoms with E-state index in [1.807, 2.05) is 19.9 Å². The molecular weight excluding hydrogens is 394 g/mol. The SMILES string of the molecule is Cc1c(CNNC(=O)OC(C)(C)C)sc2c1c(=O)n(C1(C)CC1)c(=O)n2CC#N. The van der Waals surface area contributed by atoms with Crippen molar-refractivity contribution >= 4 is 27.6 Å². The lowest BCUT2D eigenvalue weighted by Crippen LogP contribution is -2.44. The minimum absolute atomic E-state index is 0.130. The number of aryl methyl sites for hydroxylation is 1. The van der Waals surface area contributed by atoms with Crippen LogP contribution in [0.5, 0.6) is 0 Å². The molecule has 1 aliphatic rings. The average Bonchev–Trinajstić information content (AvgIpc) is 3.24. The number of ether oxygens (including phenoxy) is 1. The third-order valence-corrected chi connectivity index (χ3v) is 6.21. The molecule has 156 valence electrons. The monoisotopic (exact) mass is 419 g/mol. The molecule has 1 saturated carbocycles. The van der Waals surface area contributed by atoms with Gasteiger partial charge in [0.15, 0.2) is 0 Å². The van der Waals surface area contributed by atoms with Crippen LogP contribution in [-0.4, -0.2) is 20.8 Å². The Morgan fingerprint density at radius 3 is 2.55 bits per heavy atom. The molecule has 2 N–H and O–H groups in total. The number of amides is 1. The molecule has 2 heterocycles. The molecule has 0 radical (unpaired) electrons. The predicted molar refractivity (Wildman–Crippen MR) is 110 cm³/mol. The Balaban J connectivity index is 1.97. The van der Waals surface area contributed by atoms with E-state index in [0.29, 0.717) is 10.2 Å². The Hall–Kier alpha value is -2.64. The molecule has 1 aliphatic carbocycles. The van der Waals surface area contributed by atoms with Crippen molar-refractivity contribution in [1.29, 1.82) is 5.26 Å². The van der Waals surface area contributed by atoms with Crippen molar-refractivity contribution in [2.45, 2.75) is 71.7 Å². The van der Waals surface area contributed by atoms with Crippen molar-refractivity contribution in [3.05, 3.63) is 31.3 Å². The zero-order chi connectivity index (χ0) is 21.6. The number of nitrogens with zero attached hydrogens (tertiary/aromatic N) is 3. The Morgan fingerprint density at radius 2 is 2.00 bits per heavy atom. The first kappa shape index (κ1) is 21.1. The number of thiophene rings is 1. The second-order valence-corrected chi connectivity index (χ2v) is 9.56. The van der Waals surface area contributed by atoms with Crippen molar-refractivity contribution < 1.29 is 9.53 Å². The molecule has 0 aromatic carbocycles. The molecule has 10 heteroatoms. The van der Waals surface area contributed by atoms with Crippen molar-refractivity contribution in [1.82, 2.24) is 20.0 Å². The second-order valence-electron chi connectivity index (χ2n) is 8.48. The Bertz CT molecular complexity index is 1130. The maximum absolute atomic E-state index is 13.1. The summed E-state index contributed by atoms with van der Waals surface area (Å²) in [7, 11) is 0. The van der Waals surface area contributed by atoms with Gasteiger partial charge < -0.3 is 4.74 Å². The molecule has 1 amide bonds. The molecule has 2 aromatic rings. The zero-order valence-electron chi connectivity index (χ0n) is 17.2. The van der Waals surface area contributed by atoms with Crippen molar-refractivity contribution in [3.8, 4) is 6.07 Å². The lowest BCUT2D eigenvalue weighted by atomic mass is 10.2. The van der Waals surface area contributed by atoms with Crippen molar-refractivity contribution in [2.75, 3.05) is 0 Å². The molecule has 0 spiro atoms. The third kappa shape index (κ3) is 4.06. The van der Waals surface area contributed by atoms with Gasteiger partial charge >= 0.3 is 11.8 Å². The standard InChI is InChI=1S/C19H25N5O4S/c1-11-12(10-21-22-16(26)28-18(2,3)4)29-15-13(11)14(25)24(19(5)6-7-19)17(27)23(15)9-8-20/h21H,6-7,9-10H2,1-5H3,(H,22,26). The Morgan fingerprint density at radius 1 is 1.34 bits per heavy atom. The van der Waals surface area contributed by atoms with Gasteiger partial charge in [-0.05, 0) is 53.0 Å². The highest BCUT2D eigenvalue weighted by atomic mass is 32.1. The molecule has 3 rings (SSSR count). The van der Waals surface area contributed by atoms with E-state index >= 15 is 0 Å². The van der Waals surface area contributed by atoms with Crippen LogP contribution in [0.25, 0.3) is 10.2 Å². The van der Waals surface area contributed by atoms with E-state index in [1.54, 1.807) is 20.8 Å². The normalized spacial score (nSPS) is 15.2. The summed E-state index contributed by atoms with van der Waals surface area (Å²) in [5, 5.41) is 9.64. The summed E-state index contributed by atoms with van der Waals surface area (Å²) in [5.74, 6) is 0. The highest BCUT2D eigenvalue weighted by molar-refractivity contribution is 7.18. The fraction of sp³-hybridized carbons (Fsp3) is 0.579. The number of hydrogen-bond acceptors (Lipinski definition) is 7. The van der Waals surface area contributed by atoms with Crippen LogP contribution in [0, 0.1) is 18.3 Å². The van der Waals surface area contributed by atoms with Gasteiger partial charge in [0.1, 0.15) is 17.0 Å². The predicted octanol–water partition coefficient (Wildman–Crippen LogP) is 2.10. The first-order valence-corrected chi connectivity index (χ1v) is 10.2. The number of hydrogen-bond donors (Lipinski definition) is 2. The number of hydrazine groups is 1. The molecule has 2 aromatic heterocycles. The zero-order valence-corrected chi connectivity index (χ0v) is 18.0. The van der Waals surface area contributed by atoms with Crippen molar-refractivity contribution in [2.24, 2.45) is 0 Å². The lowest BCUT2D eigenvalue weighted by Gasteiger charge is -2.19. The molecule has 0 aliphatic heterocycles. The van der Waals surface area contributed by atoms with E-state index in [2.05, 4.69) is 10.9 Å². The minimum Gasteiger partial charge on any atom is -0.443 e. The number of aromatic nitrogens is 2. The van der Waals surface area contributed by atoms with E-state index in [0.717, 1.165) is 23.3 Å². The number of fused-ring (bicyclic) bond motifs is 1. The maximum Gasteiger partial charge on any atom is 0.422 e. The van der Waals surface area contributed by atoms with Gasteiger partial charge in [-0.25, -0.2) is 15.0 Å². The average molecular weight is 420 g/mol. The lowest BCUT2D eigenvalue weighted by molar-refractivity contribution is 0.0497. The van der Waals surface area contributed by atoms with Gasteiger partial charge in [-0.15, -0.1) is 11.3 Å². The Kier molecular flexibility index (Phi) is 5.32. The smallest absolute Gasteiger partial charge is 0.422 e. The van der Waals surface area contributed by atoms with Crippen LogP contribution in [0.2, 0.25) is 0 Å². The van der Waals surface area contributed by atoms with Gasteiger partial charge in [0.2, 0.25) is 0 Å². The number of carbonyl (C=O) groups excluding carboxylic acids is 1. The van der Waals surface area contributed by atoms with Gasteiger partial charge in [-0.3, -0.25) is 19.4 Å². The van der Waals surface area contributed by atoms with Crippen LogP contribution in [0.4, 0.5) is 4.79 Å². The van der Waals surface area contributed by atoms with Gasteiger partial charge in [0.05, 0.1) is 17.0 Å². The van der Waals surface area contributed by atoms with Gasteiger partial charge in [0, 0.05) is 11.4 Å². The summed E-state index contributed by atoms with van der Waals surface area (Å²) in [5.41, 5.74) is 4.13. The van der Waals surface area contributed by atoms with Gasteiger partial charge in [-0.2, -0.15) is 5.26 Å². The highest BCUT2D eigenvalue weighted by Gasteiger charge is 2.43. The number of nitriles is 1. The number of rotatable bonds is 5. The van der Waals surface area contributed by atoms with Crippen LogP contribution >= 0.6 is 11.3 Å². The van der Waals surface area contributed by atoms with E-state index < -0.39 is 22.9 Å². The number of carbonyl (C=O) groups is 1. The van der Waals surface area contributed by atoms with E-state index in [9.17, 15) is 19.6 Å².